The van der Waals surface area contributed by atoms with Gasteiger partial charge in [0, 0.05) is 12.0 Å². The fourth-order valence-corrected chi connectivity index (χ4v) is 1.88. The third-order valence-electron chi connectivity index (χ3n) is 2.89. The number of halogens is 2. The molecule has 0 heterocycles. The molecule has 2 aromatic rings. The Bertz CT molecular complexity index is 574. The molecule has 2 aromatic carbocycles. The monoisotopic (exact) mass is 260 g/mol. The van der Waals surface area contributed by atoms with E-state index in [1.165, 1.54) is 30.3 Å². The molecule has 0 atom stereocenters. The van der Waals surface area contributed by atoms with Crippen molar-refractivity contribution in [1.82, 2.24) is 0 Å². The molecule has 98 valence electrons. The number of allylic oxidation sites excluding steroid dienone is 1. The molecule has 0 aromatic heterocycles. The maximum atomic E-state index is 13.8. The highest BCUT2D eigenvalue weighted by Crippen LogP contribution is 2.34. The van der Waals surface area contributed by atoms with Crippen LogP contribution in [0.5, 0.6) is 5.75 Å². The van der Waals surface area contributed by atoms with Crippen molar-refractivity contribution in [3.63, 3.8) is 0 Å². The summed E-state index contributed by atoms with van der Waals surface area (Å²) in [5.74, 6) is -2.76. The molecule has 0 saturated carbocycles. The maximum absolute atomic E-state index is 13.8. The van der Waals surface area contributed by atoms with E-state index < -0.39 is 5.92 Å². The number of rotatable bonds is 4. The van der Waals surface area contributed by atoms with Gasteiger partial charge in [-0.1, -0.05) is 36.4 Å². The van der Waals surface area contributed by atoms with Crippen molar-refractivity contribution in [3.8, 4) is 16.9 Å². The quantitative estimate of drug-likeness (QED) is 0.788. The summed E-state index contributed by atoms with van der Waals surface area (Å²) in [6.07, 6.45) is 0.833. The molecule has 0 fully saturated rings. The Morgan fingerprint density at radius 1 is 1.05 bits per heavy atom. The smallest absolute Gasteiger partial charge is 0.276 e. The predicted molar refractivity (Wildman–Crippen MR) is 72.3 cm³/mol. The molecule has 0 unspecified atom stereocenters. The Morgan fingerprint density at radius 3 is 2.37 bits per heavy atom. The second-order valence-corrected chi connectivity index (χ2v) is 4.32. The van der Waals surface area contributed by atoms with Crippen molar-refractivity contribution in [2.45, 2.75) is 12.3 Å². The second-order valence-electron chi connectivity index (χ2n) is 4.32. The first-order valence-electron chi connectivity index (χ1n) is 5.91. The first kappa shape index (κ1) is 13.3. The molecule has 0 amide bonds. The van der Waals surface area contributed by atoms with Gasteiger partial charge in [0.25, 0.3) is 5.92 Å². The van der Waals surface area contributed by atoms with Gasteiger partial charge in [0.1, 0.15) is 5.75 Å². The van der Waals surface area contributed by atoms with Crippen LogP contribution in [-0.2, 0) is 5.92 Å². The van der Waals surface area contributed by atoms with Crippen LogP contribution in [0.3, 0.4) is 0 Å². The van der Waals surface area contributed by atoms with Crippen LogP contribution in [-0.4, -0.2) is 5.11 Å². The van der Waals surface area contributed by atoms with Crippen LogP contribution >= 0.6 is 0 Å². The Balaban J connectivity index is 2.39. The van der Waals surface area contributed by atoms with Crippen LogP contribution in [0.4, 0.5) is 8.78 Å². The SMILES string of the molecule is C=CCC(F)(F)c1cccc(-c2ccc(O)cc2)c1. The fraction of sp³-hybridized carbons (Fsp3) is 0.125. The van der Waals surface area contributed by atoms with Gasteiger partial charge in [0.15, 0.2) is 0 Å². The zero-order chi connectivity index (χ0) is 13.9. The van der Waals surface area contributed by atoms with Gasteiger partial charge in [0.2, 0.25) is 0 Å². The molecule has 1 N–H and O–H groups in total. The van der Waals surface area contributed by atoms with Crippen LogP contribution in [0, 0.1) is 0 Å². The molecule has 0 radical (unpaired) electrons. The Labute approximate surface area is 110 Å². The third-order valence-corrected chi connectivity index (χ3v) is 2.89. The lowest BCUT2D eigenvalue weighted by Gasteiger charge is -2.15. The lowest BCUT2D eigenvalue weighted by Crippen LogP contribution is -2.11. The summed E-state index contributed by atoms with van der Waals surface area (Å²) >= 11 is 0. The Kier molecular flexibility index (Phi) is 3.65. The normalized spacial score (nSPS) is 11.3. The molecule has 0 bridgehead atoms. The highest BCUT2D eigenvalue weighted by molar-refractivity contribution is 5.65. The summed E-state index contributed by atoms with van der Waals surface area (Å²) in [5.41, 5.74) is 1.45. The number of alkyl halides is 2. The number of phenolic OH excluding ortho intramolecular Hbond substituents is 1. The van der Waals surface area contributed by atoms with Gasteiger partial charge in [-0.3, -0.25) is 0 Å². The van der Waals surface area contributed by atoms with Crippen molar-refractivity contribution in [3.05, 3.63) is 66.7 Å². The van der Waals surface area contributed by atoms with Crippen LogP contribution in [0.2, 0.25) is 0 Å². The van der Waals surface area contributed by atoms with Crippen molar-refractivity contribution in [2.24, 2.45) is 0 Å². The number of aromatic hydroxyl groups is 1. The van der Waals surface area contributed by atoms with E-state index in [-0.39, 0.29) is 17.7 Å². The van der Waals surface area contributed by atoms with E-state index >= 15 is 0 Å². The number of hydrogen-bond acceptors (Lipinski definition) is 1. The van der Waals surface area contributed by atoms with E-state index in [1.54, 1.807) is 24.3 Å². The molecule has 0 aliphatic carbocycles. The largest absolute Gasteiger partial charge is 0.508 e. The number of benzene rings is 2. The maximum Gasteiger partial charge on any atom is 0.276 e. The summed E-state index contributed by atoms with van der Waals surface area (Å²) in [7, 11) is 0. The van der Waals surface area contributed by atoms with Gasteiger partial charge in [-0.25, -0.2) is 8.78 Å². The average Bonchev–Trinajstić information content (AvgIpc) is 2.40. The number of hydrogen-bond donors (Lipinski definition) is 1. The van der Waals surface area contributed by atoms with Gasteiger partial charge in [0.05, 0.1) is 0 Å². The van der Waals surface area contributed by atoms with Gasteiger partial charge in [-0.2, -0.15) is 0 Å². The molecule has 0 aliphatic heterocycles. The Hall–Kier alpha value is -2.16. The molecule has 0 spiro atoms. The van der Waals surface area contributed by atoms with Crippen molar-refractivity contribution >= 4 is 0 Å². The molecule has 19 heavy (non-hydrogen) atoms. The minimum absolute atomic E-state index is 0.0297. The third kappa shape index (κ3) is 2.99. The minimum Gasteiger partial charge on any atom is -0.508 e. The predicted octanol–water partition coefficient (Wildman–Crippen LogP) is 4.73. The highest BCUT2D eigenvalue weighted by Gasteiger charge is 2.29. The van der Waals surface area contributed by atoms with Crippen LogP contribution in [0.25, 0.3) is 11.1 Å². The van der Waals surface area contributed by atoms with E-state index in [2.05, 4.69) is 6.58 Å². The molecule has 2 rings (SSSR count). The number of phenols is 1. The first-order valence-corrected chi connectivity index (χ1v) is 5.91. The van der Waals surface area contributed by atoms with E-state index in [0.29, 0.717) is 5.56 Å². The average molecular weight is 260 g/mol. The molecule has 0 aliphatic rings. The lowest BCUT2D eigenvalue weighted by atomic mass is 9.99. The Morgan fingerprint density at radius 2 is 1.74 bits per heavy atom. The zero-order valence-electron chi connectivity index (χ0n) is 10.3. The molecular formula is C16H14F2O. The summed E-state index contributed by atoms with van der Waals surface area (Å²) in [4.78, 5) is 0. The van der Waals surface area contributed by atoms with E-state index in [4.69, 9.17) is 0 Å². The van der Waals surface area contributed by atoms with Crippen molar-refractivity contribution in [2.75, 3.05) is 0 Å². The topological polar surface area (TPSA) is 20.2 Å². The summed E-state index contributed by atoms with van der Waals surface area (Å²) < 4.78 is 27.6. The minimum atomic E-state index is -2.91. The second kappa shape index (κ2) is 5.22. The summed E-state index contributed by atoms with van der Waals surface area (Å²) in [6.45, 7) is 3.35. The van der Waals surface area contributed by atoms with Crippen molar-refractivity contribution in [1.29, 1.82) is 0 Å². The fourth-order valence-electron chi connectivity index (χ4n) is 1.88. The molecule has 1 nitrogen and oxygen atoms in total. The van der Waals surface area contributed by atoms with E-state index in [0.717, 1.165) is 5.56 Å². The van der Waals surface area contributed by atoms with Crippen LogP contribution in [0.1, 0.15) is 12.0 Å². The highest BCUT2D eigenvalue weighted by atomic mass is 19.3. The summed E-state index contributed by atoms with van der Waals surface area (Å²) in [6, 6.07) is 12.7. The van der Waals surface area contributed by atoms with Gasteiger partial charge < -0.3 is 5.11 Å². The molecule has 0 saturated heterocycles. The lowest BCUT2D eigenvalue weighted by molar-refractivity contribution is -0.000807. The zero-order valence-corrected chi connectivity index (χ0v) is 10.3. The van der Waals surface area contributed by atoms with Crippen LogP contribution < -0.4 is 0 Å². The molecule has 3 heteroatoms. The van der Waals surface area contributed by atoms with Crippen molar-refractivity contribution < 1.29 is 13.9 Å². The van der Waals surface area contributed by atoms with Gasteiger partial charge in [-0.05, 0) is 29.3 Å². The van der Waals surface area contributed by atoms with Crippen LogP contribution in [0.15, 0.2) is 61.2 Å². The standard InChI is InChI=1S/C16H14F2O/c1-2-10-16(17,18)14-5-3-4-13(11-14)12-6-8-15(19)9-7-12/h2-9,11,19H,1,10H2. The summed E-state index contributed by atoms with van der Waals surface area (Å²) in [5, 5.41) is 9.23. The van der Waals surface area contributed by atoms with E-state index in [9.17, 15) is 13.9 Å². The van der Waals surface area contributed by atoms with Gasteiger partial charge >= 0.3 is 0 Å². The first-order chi connectivity index (χ1) is 9.03. The van der Waals surface area contributed by atoms with E-state index in [1.807, 2.05) is 0 Å². The van der Waals surface area contributed by atoms with Gasteiger partial charge in [-0.15, -0.1) is 6.58 Å². The molecular weight excluding hydrogens is 246 g/mol.